The molecule has 2 saturated heterocycles. The highest BCUT2D eigenvalue weighted by atomic mass is 16.4. The predicted molar refractivity (Wildman–Crippen MR) is 169 cm³/mol. The zero-order valence-corrected chi connectivity index (χ0v) is 26.2. The Morgan fingerprint density at radius 2 is 1.53 bits per heavy atom. The van der Waals surface area contributed by atoms with Gasteiger partial charge in [-0.05, 0) is 67.5 Å². The van der Waals surface area contributed by atoms with E-state index in [4.69, 9.17) is 5.11 Å². The summed E-state index contributed by atoms with van der Waals surface area (Å²) in [5.74, 6) is -1.34. The Morgan fingerprint density at radius 1 is 0.911 bits per heavy atom. The maximum atomic E-state index is 13.8. The second-order valence-corrected chi connectivity index (χ2v) is 13.0. The quantitative estimate of drug-likeness (QED) is 0.300. The molecule has 2 heterocycles. The largest absolute Gasteiger partial charge is 0.478 e. The number of carbonyl (C=O) groups excluding carboxylic acids is 3. The fourth-order valence-corrected chi connectivity index (χ4v) is 7.10. The molecular formula is C35H46N4O6. The van der Waals surface area contributed by atoms with Crippen LogP contribution in [0.2, 0.25) is 0 Å². The number of carboxylic acids is 1. The SMILES string of the molecule is CCCCN1C(=O)[C@@H](CC2(O)CCCCC2)NC(=O)C12CCN(Cc1ccc(C(=O)NCc3ccc(C(=O)O)cc3)cc1)CC2. The van der Waals surface area contributed by atoms with E-state index in [0.29, 0.717) is 64.0 Å². The number of rotatable bonds is 11. The van der Waals surface area contributed by atoms with Crippen molar-refractivity contribution in [3.8, 4) is 0 Å². The first-order valence-electron chi connectivity index (χ1n) is 16.4. The molecule has 1 atom stereocenters. The number of likely N-dealkylation sites (tertiary alicyclic amines) is 1. The molecule has 3 amide bonds. The van der Waals surface area contributed by atoms with Crippen LogP contribution in [0.3, 0.4) is 0 Å². The third kappa shape index (κ3) is 7.56. The molecule has 1 spiro atoms. The Bertz CT molecular complexity index is 1360. The summed E-state index contributed by atoms with van der Waals surface area (Å²) in [5.41, 5.74) is 0.862. The van der Waals surface area contributed by atoms with Gasteiger partial charge in [-0.1, -0.05) is 56.9 Å². The van der Waals surface area contributed by atoms with Gasteiger partial charge in [0.25, 0.3) is 5.91 Å². The highest BCUT2D eigenvalue weighted by Gasteiger charge is 2.54. The van der Waals surface area contributed by atoms with Gasteiger partial charge in [0.1, 0.15) is 11.6 Å². The summed E-state index contributed by atoms with van der Waals surface area (Å²) in [6.45, 7) is 4.94. The van der Waals surface area contributed by atoms with Crippen molar-refractivity contribution < 1.29 is 29.4 Å². The lowest BCUT2D eigenvalue weighted by Gasteiger charge is -2.52. The standard InChI is InChI=1S/C35H46N4O6/c1-2-3-19-39-31(41)29(22-34(45)15-5-4-6-16-34)37-33(44)35(39)17-20-38(21-18-35)24-26-9-11-27(12-10-26)30(40)36-23-25-7-13-28(14-8-25)32(42)43/h7-14,29,45H,2-6,15-24H2,1H3,(H,36,40)(H,37,44)(H,42,43)/t29-/m1/s1. The zero-order chi connectivity index (χ0) is 32.0. The van der Waals surface area contributed by atoms with E-state index in [1.807, 2.05) is 17.0 Å². The third-order valence-corrected chi connectivity index (χ3v) is 9.87. The van der Waals surface area contributed by atoms with Crippen molar-refractivity contribution in [3.63, 3.8) is 0 Å². The van der Waals surface area contributed by atoms with Crippen LogP contribution in [0.4, 0.5) is 0 Å². The fourth-order valence-electron chi connectivity index (χ4n) is 7.10. The molecule has 242 valence electrons. The minimum Gasteiger partial charge on any atom is -0.478 e. The van der Waals surface area contributed by atoms with Crippen LogP contribution in [0, 0.1) is 0 Å². The zero-order valence-electron chi connectivity index (χ0n) is 26.2. The molecule has 1 aliphatic carbocycles. The number of aliphatic hydroxyl groups is 1. The summed E-state index contributed by atoms with van der Waals surface area (Å²) in [5, 5.41) is 26.1. The van der Waals surface area contributed by atoms with Gasteiger partial charge in [-0.3, -0.25) is 19.3 Å². The Hall–Kier alpha value is -3.76. The highest BCUT2D eigenvalue weighted by molar-refractivity contribution is 6.00. The molecule has 4 N–H and O–H groups in total. The first-order chi connectivity index (χ1) is 21.6. The van der Waals surface area contributed by atoms with E-state index in [0.717, 1.165) is 43.2 Å². The minimum absolute atomic E-state index is 0.0540. The van der Waals surface area contributed by atoms with Crippen LogP contribution in [0.1, 0.15) is 103 Å². The van der Waals surface area contributed by atoms with Gasteiger partial charge in [0, 0.05) is 44.7 Å². The number of hydrogen-bond donors (Lipinski definition) is 4. The van der Waals surface area contributed by atoms with Gasteiger partial charge in [0.15, 0.2) is 0 Å². The van der Waals surface area contributed by atoms with E-state index in [1.165, 1.54) is 12.1 Å². The summed E-state index contributed by atoms with van der Waals surface area (Å²) in [7, 11) is 0. The summed E-state index contributed by atoms with van der Waals surface area (Å²) in [6.07, 6.45) is 7.52. The van der Waals surface area contributed by atoms with Gasteiger partial charge in [0.05, 0.1) is 11.2 Å². The van der Waals surface area contributed by atoms with Crippen LogP contribution >= 0.6 is 0 Å². The number of benzene rings is 2. The van der Waals surface area contributed by atoms with Crippen LogP contribution in [0.25, 0.3) is 0 Å². The Morgan fingerprint density at radius 3 is 2.16 bits per heavy atom. The minimum atomic E-state index is -0.988. The summed E-state index contributed by atoms with van der Waals surface area (Å²) in [4.78, 5) is 55.4. The number of carbonyl (C=O) groups is 4. The molecule has 2 aliphatic heterocycles. The first kappa shape index (κ1) is 32.6. The molecule has 0 bridgehead atoms. The second kappa shape index (κ2) is 14.1. The van der Waals surface area contributed by atoms with Crippen molar-refractivity contribution >= 4 is 23.7 Å². The molecule has 10 nitrogen and oxygen atoms in total. The normalized spacial score (nSPS) is 21.4. The van der Waals surface area contributed by atoms with Crippen molar-refractivity contribution in [2.24, 2.45) is 0 Å². The molecule has 2 aromatic carbocycles. The number of piperazine rings is 1. The topological polar surface area (TPSA) is 139 Å². The lowest BCUT2D eigenvalue weighted by molar-refractivity contribution is -0.163. The molecule has 0 aromatic heterocycles. The van der Waals surface area contributed by atoms with Crippen LogP contribution in [-0.4, -0.2) is 80.5 Å². The van der Waals surface area contributed by atoms with Crippen molar-refractivity contribution in [2.75, 3.05) is 19.6 Å². The molecule has 0 radical (unpaired) electrons. The van der Waals surface area contributed by atoms with Crippen molar-refractivity contribution in [3.05, 3.63) is 70.8 Å². The molecule has 3 fully saturated rings. The number of nitrogens with zero attached hydrogens (tertiary/aromatic N) is 2. The average molecular weight is 619 g/mol. The molecule has 1 saturated carbocycles. The van der Waals surface area contributed by atoms with Gasteiger partial charge in [-0.2, -0.15) is 0 Å². The summed E-state index contributed by atoms with van der Waals surface area (Å²) in [6, 6.07) is 13.2. The number of aromatic carboxylic acids is 1. The smallest absolute Gasteiger partial charge is 0.335 e. The molecule has 10 heteroatoms. The maximum absolute atomic E-state index is 13.8. The monoisotopic (exact) mass is 618 g/mol. The second-order valence-electron chi connectivity index (χ2n) is 13.0. The Balaban J connectivity index is 1.16. The van der Waals surface area contributed by atoms with Gasteiger partial charge in [-0.25, -0.2) is 4.79 Å². The number of carboxylic acid groups (broad SMARTS) is 1. The van der Waals surface area contributed by atoms with Gasteiger partial charge in [0.2, 0.25) is 11.8 Å². The first-order valence-corrected chi connectivity index (χ1v) is 16.4. The Kier molecular flexibility index (Phi) is 10.2. The number of nitrogens with one attached hydrogen (secondary N) is 2. The van der Waals surface area contributed by atoms with E-state index in [1.54, 1.807) is 24.3 Å². The number of amides is 3. The van der Waals surface area contributed by atoms with Gasteiger partial charge >= 0.3 is 5.97 Å². The maximum Gasteiger partial charge on any atom is 0.335 e. The number of piperidine rings is 1. The van der Waals surface area contributed by atoms with Crippen molar-refractivity contribution in [1.29, 1.82) is 0 Å². The average Bonchev–Trinajstić information content (AvgIpc) is 3.04. The molecule has 3 aliphatic rings. The van der Waals surface area contributed by atoms with Crippen LogP contribution in [0.5, 0.6) is 0 Å². The highest BCUT2D eigenvalue weighted by Crippen LogP contribution is 2.37. The van der Waals surface area contributed by atoms with Gasteiger partial charge in [-0.15, -0.1) is 0 Å². The van der Waals surface area contributed by atoms with E-state index >= 15 is 0 Å². The number of unbranched alkanes of at least 4 members (excludes halogenated alkanes) is 1. The van der Waals surface area contributed by atoms with Gasteiger partial charge < -0.3 is 25.7 Å². The predicted octanol–water partition coefficient (Wildman–Crippen LogP) is 3.86. The van der Waals surface area contributed by atoms with Crippen molar-refractivity contribution in [2.45, 2.75) is 101 Å². The molecule has 5 rings (SSSR count). The number of hydrogen-bond acceptors (Lipinski definition) is 6. The van der Waals surface area contributed by atoms with E-state index < -0.39 is 23.2 Å². The van der Waals surface area contributed by atoms with Crippen molar-refractivity contribution in [1.82, 2.24) is 20.4 Å². The molecule has 0 unspecified atom stereocenters. The summed E-state index contributed by atoms with van der Waals surface area (Å²) >= 11 is 0. The van der Waals surface area contributed by atoms with Crippen LogP contribution in [0.15, 0.2) is 48.5 Å². The molecule has 2 aromatic rings. The van der Waals surface area contributed by atoms with Crippen LogP contribution in [-0.2, 0) is 22.7 Å². The molecular weight excluding hydrogens is 572 g/mol. The fraction of sp³-hybridized carbons (Fsp3) is 0.543. The van der Waals surface area contributed by atoms with E-state index in [9.17, 15) is 24.3 Å². The van der Waals surface area contributed by atoms with Crippen LogP contribution < -0.4 is 10.6 Å². The Labute approximate surface area is 265 Å². The third-order valence-electron chi connectivity index (χ3n) is 9.87. The summed E-state index contributed by atoms with van der Waals surface area (Å²) < 4.78 is 0. The van der Waals surface area contributed by atoms with E-state index in [-0.39, 0.29) is 29.7 Å². The van der Waals surface area contributed by atoms with E-state index in [2.05, 4.69) is 22.5 Å². The lowest BCUT2D eigenvalue weighted by Crippen LogP contribution is -2.73. The lowest BCUT2D eigenvalue weighted by atomic mass is 9.77. The molecule has 45 heavy (non-hydrogen) atoms.